The Hall–Kier alpha value is -1.48. The fourth-order valence-corrected chi connectivity index (χ4v) is 2.86. The summed E-state index contributed by atoms with van der Waals surface area (Å²) in [6, 6.07) is 1.86. The highest BCUT2D eigenvalue weighted by Crippen LogP contribution is 2.30. The van der Waals surface area contributed by atoms with Crippen LogP contribution < -0.4 is 0 Å². The molecule has 1 aromatic heterocycles. The van der Waals surface area contributed by atoms with E-state index in [0.29, 0.717) is 5.82 Å². The van der Waals surface area contributed by atoms with E-state index in [9.17, 15) is 13.6 Å². The summed E-state index contributed by atoms with van der Waals surface area (Å²) in [6.07, 6.45) is 0. The smallest absolute Gasteiger partial charge is 0.313 e. The van der Waals surface area contributed by atoms with Gasteiger partial charge in [0.2, 0.25) is 0 Å². The average Bonchev–Trinajstić information content (AvgIpc) is 2.67. The molecule has 2 rings (SSSR count). The fraction of sp³-hybridized carbons (Fsp3) is 0.182. The van der Waals surface area contributed by atoms with Gasteiger partial charge in [0.05, 0.1) is 11.4 Å². The molecule has 0 saturated carbocycles. The van der Waals surface area contributed by atoms with Crippen LogP contribution in [0.4, 0.5) is 8.78 Å². The molecule has 0 fully saturated rings. The number of rotatable bonds is 4. The maximum atomic E-state index is 14.0. The normalized spacial score (nSPS) is 10.8. The molecule has 1 aromatic carbocycles. The Morgan fingerprint density at radius 2 is 2.15 bits per heavy atom. The van der Waals surface area contributed by atoms with E-state index in [1.165, 1.54) is 4.57 Å². The first-order valence-electron chi connectivity index (χ1n) is 5.31. The molecule has 5 nitrogen and oxygen atoms in total. The summed E-state index contributed by atoms with van der Waals surface area (Å²) >= 11 is 3.99. The quantitative estimate of drug-likeness (QED) is 0.846. The molecule has 1 N–H and O–H groups in total. The summed E-state index contributed by atoms with van der Waals surface area (Å²) in [5.74, 6) is -2.41. The van der Waals surface area contributed by atoms with Gasteiger partial charge in [-0.2, -0.15) is 0 Å². The van der Waals surface area contributed by atoms with E-state index in [-0.39, 0.29) is 21.1 Å². The number of aromatic nitrogens is 3. The van der Waals surface area contributed by atoms with Gasteiger partial charge in [-0.05, 0) is 28.9 Å². The van der Waals surface area contributed by atoms with Crippen LogP contribution in [0.3, 0.4) is 0 Å². The summed E-state index contributed by atoms with van der Waals surface area (Å²) in [5, 5.41) is 16.5. The topological polar surface area (TPSA) is 68.0 Å². The van der Waals surface area contributed by atoms with Gasteiger partial charge in [0, 0.05) is 10.5 Å². The van der Waals surface area contributed by atoms with Crippen LogP contribution in [-0.4, -0.2) is 31.6 Å². The zero-order valence-corrected chi connectivity index (χ0v) is 12.5. The molecule has 20 heavy (non-hydrogen) atoms. The first-order valence-corrected chi connectivity index (χ1v) is 7.09. The van der Waals surface area contributed by atoms with Crippen LogP contribution >= 0.6 is 27.7 Å². The van der Waals surface area contributed by atoms with Crippen molar-refractivity contribution in [2.75, 3.05) is 5.75 Å². The van der Waals surface area contributed by atoms with E-state index < -0.39 is 17.6 Å². The van der Waals surface area contributed by atoms with E-state index in [1.54, 1.807) is 6.92 Å². The Labute approximate surface area is 125 Å². The molecule has 0 aliphatic rings. The van der Waals surface area contributed by atoms with Crippen molar-refractivity contribution in [2.24, 2.45) is 0 Å². The molecule has 1 heterocycles. The maximum Gasteiger partial charge on any atom is 0.313 e. The lowest BCUT2D eigenvalue weighted by Crippen LogP contribution is -2.06. The Bertz CT molecular complexity index is 655. The van der Waals surface area contributed by atoms with E-state index >= 15 is 0 Å². The standard InChI is InChI=1S/C11H8BrF2N3O2S/c1-5-15-16-11(20-4-9(18)19)17(5)10-7(12)2-6(13)3-8(10)14/h2-3H,4H2,1H3,(H,18,19). The van der Waals surface area contributed by atoms with Crippen LogP contribution in [-0.2, 0) is 4.79 Å². The molecular weight excluding hydrogens is 356 g/mol. The van der Waals surface area contributed by atoms with E-state index in [1.807, 2.05) is 0 Å². The molecule has 0 saturated heterocycles. The molecule has 106 valence electrons. The van der Waals surface area contributed by atoms with Crippen LogP contribution in [0, 0.1) is 18.6 Å². The average molecular weight is 364 g/mol. The molecule has 0 aliphatic heterocycles. The Balaban J connectivity index is 2.52. The lowest BCUT2D eigenvalue weighted by atomic mass is 10.3. The number of nitrogens with zero attached hydrogens (tertiary/aromatic N) is 3. The lowest BCUT2D eigenvalue weighted by Gasteiger charge is -2.11. The van der Waals surface area contributed by atoms with Gasteiger partial charge in [-0.25, -0.2) is 8.78 Å². The van der Waals surface area contributed by atoms with Crippen molar-refractivity contribution in [3.8, 4) is 5.69 Å². The molecule has 0 radical (unpaired) electrons. The van der Waals surface area contributed by atoms with Crippen LogP contribution in [0.1, 0.15) is 5.82 Å². The van der Waals surface area contributed by atoms with Crippen molar-refractivity contribution >= 4 is 33.7 Å². The van der Waals surface area contributed by atoms with E-state index in [4.69, 9.17) is 5.11 Å². The Morgan fingerprint density at radius 1 is 1.45 bits per heavy atom. The summed E-state index contributed by atoms with van der Waals surface area (Å²) in [7, 11) is 0. The summed E-state index contributed by atoms with van der Waals surface area (Å²) < 4.78 is 28.6. The van der Waals surface area contributed by atoms with Gasteiger partial charge in [0.1, 0.15) is 11.6 Å². The van der Waals surface area contributed by atoms with Crippen molar-refractivity contribution in [1.82, 2.24) is 14.8 Å². The summed E-state index contributed by atoms with van der Waals surface area (Å²) in [4.78, 5) is 10.6. The Morgan fingerprint density at radius 3 is 2.75 bits per heavy atom. The van der Waals surface area contributed by atoms with Gasteiger partial charge in [0.25, 0.3) is 0 Å². The van der Waals surface area contributed by atoms with Gasteiger partial charge in [-0.1, -0.05) is 11.8 Å². The fourth-order valence-electron chi connectivity index (χ4n) is 1.57. The molecule has 2 aromatic rings. The maximum absolute atomic E-state index is 14.0. The minimum absolute atomic E-state index is 0.0433. The number of hydrogen-bond acceptors (Lipinski definition) is 4. The number of halogens is 3. The third-order valence-corrected chi connectivity index (χ3v) is 3.84. The van der Waals surface area contributed by atoms with Crippen LogP contribution in [0.15, 0.2) is 21.8 Å². The second-order valence-electron chi connectivity index (χ2n) is 3.77. The summed E-state index contributed by atoms with van der Waals surface area (Å²) in [5.41, 5.74) is 0.0433. The number of aryl methyl sites for hydroxylation is 1. The van der Waals surface area contributed by atoms with Crippen molar-refractivity contribution in [2.45, 2.75) is 12.1 Å². The predicted molar refractivity (Wildman–Crippen MR) is 72.1 cm³/mol. The van der Waals surface area contributed by atoms with E-state index in [0.717, 1.165) is 23.9 Å². The third-order valence-electron chi connectivity index (χ3n) is 2.33. The third kappa shape index (κ3) is 2.98. The summed E-state index contributed by atoms with van der Waals surface area (Å²) in [6.45, 7) is 1.59. The number of thioether (sulfide) groups is 1. The van der Waals surface area contributed by atoms with Crippen molar-refractivity contribution in [3.05, 3.63) is 34.1 Å². The first-order chi connectivity index (χ1) is 9.40. The molecule has 0 aliphatic carbocycles. The van der Waals surface area contributed by atoms with Crippen molar-refractivity contribution in [1.29, 1.82) is 0 Å². The van der Waals surface area contributed by atoms with Gasteiger partial charge in [0.15, 0.2) is 11.0 Å². The minimum atomic E-state index is -1.03. The highest BCUT2D eigenvalue weighted by Gasteiger charge is 2.19. The van der Waals surface area contributed by atoms with Crippen molar-refractivity contribution < 1.29 is 18.7 Å². The zero-order valence-electron chi connectivity index (χ0n) is 10.1. The number of carboxylic acid groups (broad SMARTS) is 1. The molecular formula is C11H8BrF2N3O2S. The largest absolute Gasteiger partial charge is 0.481 e. The molecule has 9 heteroatoms. The number of carboxylic acids is 1. The van der Waals surface area contributed by atoms with Crippen LogP contribution in [0.2, 0.25) is 0 Å². The van der Waals surface area contributed by atoms with Gasteiger partial charge in [-0.3, -0.25) is 9.36 Å². The van der Waals surface area contributed by atoms with Crippen molar-refractivity contribution in [3.63, 3.8) is 0 Å². The monoisotopic (exact) mass is 363 g/mol. The van der Waals surface area contributed by atoms with Gasteiger partial charge >= 0.3 is 5.97 Å². The van der Waals surface area contributed by atoms with Crippen LogP contribution in [0.25, 0.3) is 5.69 Å². The molecule has 0 unspecified atom stereocenters. The second kappa shape index (κ2) is 5.88. The van der Waals surface area contributed by atoms with E-state index in [2.05, 4.69) is 26.1 Å². The number of hydrogen-bond donors (Lipinski definition) is 1. The molecule has 0 amide bonds. The first kappa shape index (κ1) is 14.9. The highest BCUT2D eigenvalue weighted by molar-refractivity contribution is 9.10. The number of carbonyl (C=O) groups is 1. The molecule has 0 atom stereocenters. The number of aliphatic carboxylic acids is 1. The molecule has 0 spiro atoms. The lowest BCUT2D eigenvalue weighted by molar-refractivity contribution is -0.133. The van der Waals surface area contributed by atoms with Gasteiger partial charge in [-0.15, -0.1) is 10.2 Å². The predicted octanol–water partition coefficient (Wildman–Crippen LogP) is 2.79. The minimum Gasteiger partial charge on any atom is -0.481 e. The molecule has 0 bridgehead atoms. The Kier molecular flexibility index (Phi) is 4.39. The SMILES string of the molecule is Cc1nnc(SCC(=O)O)n1-c1c(F)cc(F)cc1Br. The zero-order chi connectivity index (χ0) is 14.9. The highest BCUT2D eigenvalue weighted by atomic mass is 79.9. The van der Waals surface area contributed by atoms with Gasteiger partial charge < -0.3 is 5.11 Å². The van der Waals surface area contributed by atoms with Crippen LogP contribution in [0.5, 0.6) is 0 Å². The second-order valence-corrected chi connectivity index (χ2v) is 5.56. The number of benzene rings is 1.